The first kappa shape index (κ1) is 52.7. The molecule has 0 bridgehead atoms. The van der Waals surface area contributed by atoms with Gasteiger partial charge in [0, 0.05) is 13.0 Å². The Balaban J connectivity index is 4.24. The van der Waals surface area contributed by atoms with Gasteiger partial charge in [0.15, 0.2) is 0 Å². The molecule has 0 aliphatic rings. The van der Waals surface area contributed by atoms with Gasteiger partial charge >= 0.3 is 5.97 Å². The molecule has 2 unspecified atom stereocenters. The predicted molar refractivity (Wildman–Crippen MR) is 227 cm³/mol. The number of phosphoric acid groups is 1. The summed E-state index contributed by atoms with van der Waals surface area (Å²) in [4.78, 5) is 25.0. The minimum absolute atomic E-state index is 0.0240. The minimum Gasteiger partial charge on any atom is -0.756 e. The van der Waals surface area contributed by atoms with Gasteiger partial charge in [0.1, 0.15) is 19.3 Å². The topological polar surface area (TPSA) is 94.1 Å². The number of rotatable bonds is 41. The third-order valence-corrected chi connectivity index (χ3v) is 10.4. The Hall–Kier alpha value is -1.28. The highest BCUT2D eigenvalue weighted by Crippen LogP contribution is 2.38. The molecule has 8 nitrogen and oxygen atoms in total. The summed E-state index contributed by atoms with van der Waals surface area (Å²) in [7, 11) is 1.35. The van der Waals surface area contributed by atoms with Crippen molar-refractivity contribution >= 4 is 13.8 Å². The number of hydrogen-bond acceptors (Lipinski definition) is 7. The largest absolute Gasteiger partial charge is 0.756 e. The number of hydrogen-bond donors (Lipinski definition) is 0. The first-order valence-electron chi connectivity index (χ1n) is 22.2. The Labute approximate surface area is 334 Å². The zero-order valence-corrected chi connectivity index (χ0v) is 36.8. The molecular weight excluding hydrogens is 697 g/mol. The monoisotopic (exact) mass is 784 g/mol. The van der Waals surface area contributed by atoms with Gasteiger partial charge in [-0.05, 0) is 51.4 Å². The summed E-state index contributed by atoms with van der Waals surface area (Å²) in [6.45, 7) is 5.38. The van der Waals surface area contributed by atoms with Crippen LogP contribution in [0, 0.1) is 0 Å². The van der Waals surface area contributed by atoms with E-state index in [0.29, 0.717) is 24.1 Å². The summed E-state index contributed by atoms with van der Waals surface area (Å²) in [6, 6.07) is 0. The molecule has 0 aromatic rings. The van der Waals surface area contributed by atoms with Crippen molar-refractivity contribution in [1.82, 2.24) is 0 Å². The van der Waals surface area contributed by atoms with Crippen LogP contribution in [0.15, 0.2) is 36.5 Å². The third-order valence-electron chi connectivity index (χ3n) is 9.44. The number of quaternary nitrogens is 1. The quantitative estimate of drug-likeness (QED) is 0.0200. The van der Waals surface area contributed by atoms with Gasteiger partial charge in [-0.3, -0.25) is 9.36 Å². The van der Waals surface area contributed by atoms with Gasteiger partial charge in [-0.15, -0.1) is 0 Å². The molecule has 0 rings (SSSR count). The molecule has 2 atom stereocenters. The van der Waals surface area contributed by atoms with Gasteiger partial charge in [-0.1, -0.05) is 166 Å². The van der Waals surface area contributed by atoms with Crippen LogP contribution in [0.4, 0.5) is 0 Å². The van der Waals surface area contributed by atoms with E-state index < -0.39 is 13.9 Å². The highest BCUT2D eigenvalue weighted by molar-refractivity contribution is 7.45. The molecule has 0 radical (unpaired) electrons. The number of ether oxygens (including phenoxy) is 2. The summed E-state index contributed by atoms with van der Waals surface area (Å²) in [6.07, 6.45) is 44.3. The van der Waals surface area contributed by atoms with Crippen molar-refractivity contribution in [3.63, 3.8) is 0 Å². The summed E-state index contributed by atoms with van der Waals surface area (Å²) < 4.78 is 34.6. The molecule has 0 aromatic carbocycles. The third kappa shape index (κ3) is 41.9. The Bertz CT molecular complexity index is 962. The number of allylic oxidation sites excluding steroid dienone is 6. The van der Waals surface area contributed by atoms with Crippen LogP contribution in [0.5, 0.6) is 0 Å². The van der Waals surface area contributed by atoms with Crippen molar-refractivity contribution in [2.75, 3.05) is 54.1 Å². The summed E-state index contributed by atoms with van der Waals surface area (Å²) in [5, 5.41) is 0. The molecule has 0 fully saturated rings. The van der Waals surface area contributed by atoms with Crippen LogP contribution in [0.1, 0.15) is 187 Å². The smallest absolute Gasteiger partial charge is 0.306 e. The van der Waals surface area contributed by atoms with Gasteiger partial charge in [-0.2, -0.15) is 0 Å². The molecule has 318 valence electrons. The second-order valence-electron chi connectivity index (χ2n) is 16.1. The number of esters is 1. The van der Waals surface area contributed by atoms with Crippen molar-refractivity contribution in [2.45, 2.75) is 193 Å². The van der Waals surface area contributed by atoms with Crippen molar-refractivity contribution in [1.29, 1.82) is 0 Å². The maximum absolute atomic E-state index is 12.7. The number of unbranched alkanes of at least 4 members (excludes halogenated alkanes) is 21. The van der Waals surface area contributed by atoms with Crippen LogP contribution in [-0.4, -0.2) is 70.7 Å². The maximum atomic E-state index is 12.7. The molecule has 0 aliphatic carbocycles. The second kappa shape index (κ2) is 38.6. The number of likely N-dealkylation sites (N-methyl/N-ethyl adjacent to an activating group) is 1. The maximum Gasteiger partial charge on any atom is 0.306 e. The molecule has 0 N–H and O–H groups in total. The van der Waals surface area contributed by atoms with Crippen molar-refractivity contribution in [2.24, 2.45) is 0 Å². The Morgan fingerprint density at radius 1 is 0.574 bits per heavy atom. The molecule has 0 spiro atoms. The van der Waals surface area contributed by atoms with E-state index in [-0.39, 0.29) is 25.8 Å². The van der Waals surface area contributed by atoms with E-state index in [1.54, 1.807) is 0 Å². The Morgan fingerprint density at radius 2 is 1.02 bits per heavy atom. The van der Waals surface area contributed by atoms with Crippen LogP contribution in [0.2, 0.25) is 0 Å². The molecule has 54 heavy (non-hydrogen) atoms. The highest BCUT2D eigenvalue weighted by atomic mass is 31.2. The van der Waals surface area contributed by atoms with Crippen molar-refractivity contribution in [3.8, 4) is 0 Å². The van der Waals surface area contributed by atoms with E-state index in [1.165, 1.54) is 109 Å². The normalized spacial score (nSPS) is 14.1. The molecule has 0 aromatic heterocycles. The van der Waals surface area contributed by atoms with E-state index in [2.05, 4.69) is 50.3 Å². The molecule has 0 saturated heterocycles. The van der Waals surface area contributed by atoms with Crippen LogP contribution in [-0.2, 0) is 27.9 Å². The molecule has 0 heterocycles. The van der Waals surface area contributed by atoms with Gasteiger partial charge in [-0.25, -0.2) is 0 Å². The van der Waals surface area contributed by atoms with Gasteiger partial charge in [0.25, 0.3) is 7.82 Å². The SMILES string of the molecule is CCCCC/C=C\C/C=C\C/C=C\CCCCCCCCC(=O)OC(COCCCCCCCCCCCCCCC)COP(=O)([O-])OCC[N+](C)(C)C. The summed E-state index contributed by atoms with van der Waals surface area (Å²) >= 11 is 0. The van der Waals surface area contributed by atoms with Crippen LogP contribution < -0.4 is 4.89 Å². The van der Waals surface area contributed by atoms with Gasteiger partial charge in [0.05, 0.1) is 34.4 Å². The number of nitrogens with zero attached hydrogens (tertiary/aromatic N) is 1. The number of phosphoric ester groups is 1. The fraction of sp³-hybridized carbons (Fsp3) is 0.844. The number of carbonyl (C=O) groups is 1. The Morgan fingerprint density at radius 3 is 1.56 bits per heavy atom. The number of carbonyl (C=O) groups excluding carboxylic acids is 1. The predicted octanol–water partition coefficient (Wildman–Crippen LogP) is 12.4. The van der Waals surface area contributed by atoms with Crippen LogP contribution in [0.3, 0.4) is 0 Å². The zero-order valence-electron chi connectivity index (χ0n) is 35.9. The summed E-state index contributed by atoms with van der Waals surface area (Å²) in [5.74, 6) is -0.345. The fourth-order valence-electron chi connectivity index (χ4n) is 5.96. The lowest BCUT2D eigenvalue weighted by Crippen LogP contribution is -2.37. The molecule has 0 aliphatic heterocycles. The second-order valence-corrected chi connectivity index (χ2v) is 17.5. The van der Waals surface area contributed by atoms with Crippen LogP contribution in [0.25, 0.3) is 0 Å². The van der Waals surface area contributed by atoms with Gasteiger partial charge in [0.2, 0.25) is 0 Å². The highest BCUT2D eigenvalue weighted by Gasteiger charge is 2.20. The molecule has 9 heteroatoms. The van der Waals surface area contributed by atoms with Crippen molar-refractivity contribution in [3.05, 3.63) is 36.5 Å². The van der Waals surface area contributed by atoms with Crippen molar-refractivity contribution < 1.29 is 37.3 Å². The first-order valence-corrected chi connectivity index (χ1v) is 23.7. The lowest BCUT2D eigenvalue weighted by molar-refractivity contribution is -0.870. The van der Waals surface area contributed by atoms with Crippen LogP contribution >= 0.6 is 7.82 Å². The lowest BCUT2D eigenvalue weighted by Gasteiger charge is -2.28. The minimum atomic E-state index is -4.52. The molecule has 0 amide bonds. The fourth-order valence-corrected chi connectivity index (χ4v) is 6.69. The van der Waals surface area contributed by atoms with E-state index in [4.69, 9.17) is 18.5 Å². The lowest BCUT2D eigenvalue weighted by atomic mass is 10.0. The Kier molecular flexibility index (Phi) is 37.7. The van der Waals surface area contributed by atoms with E-state index >= 15 is 0 Å². The van der Waals surface area contributed by atoms with E-state index in [1.807, 2.05) is 21.1 Å². The molecule has 0 saturated carbocycles. The zero-order chi connectivity index (χ0) is 39.9. The summed E-state index contributed by atoms with van der Waals surface area (Å²) in [5.41, 5.74) is 0. The average molecular weight is 784 g/mol. The average Bonchev–Trinajstić information content (AvgIpc) is 3.12. The standard InChI is InChI=1S/C45H86NO7P/c1-6-8-10-12-14-16-18-20-21-22-23-24-25-26-28-30-32-34-36-38-45(47)53-44(43-52-54(48,49)51-41-39-46(3,4)5)42-50-40-37-35-33-31-29-27-19-17-15-13-11-9-7-2/h14,16,20-21,23-24,44H,6-13,15,17-19,22,25-43H2,1-5H3/b16-14-,21-20-,24-23-. The van der Waals surface area contributed by atoms with Gasteiger partial charge < -0.3 is 27.9 Å². The first-order chi connectivity index (χ1) is 26.1. The molecular formula is C45H86NO7P. The van der Waals surface area contributed by atoms with E-state index in [0.717, 1.165) is 57.8 Å². The van der Waals surface area contributed by atoms with E-state index in [9.17, 15) is 14.3 Å².